The molecular formula is C17H19N3. The summed E-state index contributed by atoms with van der Waals surface area (Å²) in [5.41, 5.74) is 3.34. The second kappa shape index (κ2) is 5.08. The lowest BCUT2D eigenvalue weighted by Crippen LogP contribution is -2.23. The van der Waals surface area contributed by atoms with Crippen molar-refractivity contribution in [3.8, 4) is 0 Å². The van der Waals surface area contributed by atoms with Gasteiger partial charge in [0.05, 0.1) is 6.54 Å². The molecule has 1 heterocycles. The molecule has 3 rings (SSSR count). The molecule has 2 aromatic rings. The minimum absolute atomic E-state index is 0.300. The summed E-state index contributed by atoms with van der Waals surface area (Å²) >= 11 is 0. The Morgan fingerprint density at radius 3 is 2.10 bits per heavy atom. The van der Waals surface area contributed by atoms with Gasteiger partial charge in [0.1, 0.15) is 5.54 Å². The average Bonchev–Trinajstić information content (AvgIpc) is 2.99. The Balaban J connectivity index is 2.06. The van der Waals surface area contributed by atoms with E-state index in [-0.39, 0.29) is 5.54 Å². The van der Waals surface area contributed by atoms with E-state index in [4.69, 9.17) is 0 Å². The molecule has 3 heteroatoms. The predicted octanol–water partition coefficient (Wildman–Crippen LogP) is 3.85. The van der Waals surface area contributed by atoms with Gasteiger partial charge in [-0.3, -0.25) is 0 Å². The topological polar surface area (TPSA) is 28.0 Å². The summed E-state index contributed by atoms with van der Waals surface area (Å²) in [7, 11) is 4.11. The highest BCUT2D eigenvalue weighted by Crippen LogP contribution is 2.41. The van der Waals surface area contributed by atoms with Crippen LogP contribution in [-0.2, 0) is 5.54 Å². The van der Waals surface area contributed by atoms with Crippen LogP contribution < -0.4 is 4.90 Å². The fourth-order valence-electron chi connectivity index (χ4n) is 2.75. The standard InChI is InChI=1S/C17H19N3/c1-20(2)16-10-8-15(9-11-16)17(12-13-18-19-17)14-6-4-3-5-7-14/h3-11H,12-13H2,1-2H3. The second-order valence-electron chi connectivity index (χ2n) is 5.38. The van der Waals surface area contributed by atoms with Crippen molar-refractivity contribution in [1.29, 1.82) is 0 Å². The van der Waals surface area contributed by atoms with Crippen LogP contribution in [0.2, 0.25) is 0 Å². The van der Waals surface area contributed by atoms with Gasteiger partial charge in [0, 0.05) is 26.2 Å². The van der Waals surface area contributed by atoms with Gasteiger partial charge in [-0.15, -0.1) is 0 Å². The van der Waals surface area contributed by atoms with Gasteiger partial charge in [-0.2, -0.15) is 10.2 Å². The third kappa shape index (κ3) is 2.09. The SMILES string of the molecule is CN(C)c1ccc(C2(c3ccccc3)CCN=N2)cc1. The molecule has 2 aromatic carbocycles. The summed E-state index contributed by atoms with van der Waals surface area (Å²) in [5, 5.41) is 8.86. The zero-order valence-corrected chi connectivity index (χ0v) is 12.0. The van der Waals surface area contributed by atoms with E-state index in [1.807, 2.05) is 6.07 Å². The van der Waals surface area contributed by atoms with Gasteiger partial charge in [-0.25, -0.2) is 0 Å². The van der Waals surface area contributed by atoms with Crippen molar-refractivity contribution in [2.75, 3.05) is 25.5 Å². The number of hydrogen-bond donors (Lipinski definition) is 0. The molecule has 102 valence electrons. The summed E-state index contributed by atoms with van der Waals surface area (Å²) < 4.78 is 0. The van der Waals surface area contributed by atoms with Crippen molar-refractivity contribution >= 4 is 5.69 Å². The third-order valence-corrected chi connectivity index (χ3v) is 3.93. The minimum Gasteiger partial charge on any atom is -0.378 e. The Morgan fingerprint density at radius 2 is 1.55 bits per heavy atom. The Kier molecular flexibility index (Phi) is 3.26. The monoisotopic (exact) mass is 265 g/mol. The summed E-state index contributed by atoms with van der Waals surface area (Å²) in [6.45, 7) is 0.796. The molecule has 1 unspecified atom stereocenters. The van der Waals surface area contributed by atoms with Crippen LogP contribution >= 0.6 is 0 Å². The van der Waals surface area contributed by atoms with Crippen molar-refractivity contribution in [2.45, 2.75) is 12.0 Å². The summed E-state index contributed by atoms with van der Waals surface area (Å²) in [5.74, 6) is 0. The summed E-state index contributed by atoms with van der Waals surface area (Å²) in [4.78, 5) is 2.11. The number of rotatable bonds is 3. The van der Waals surface area contributed by atoms with Crippen LogP contribution in [0.4, 0.5) is 5.69 Å². The number of benzene rings is 2. The number of nitrogens with zero attached hydrogens (tertiary/aromatic N) is 3. The number of hydrogen-bond acceptors (Lipinski definition) is 3. The average molecular weight is 265 g/mol. The largest absolute Gasteiger partial charge is 0.378 e. The molecule has 0 aromatic heterocycles. The van der Waals surface area contributed by atoms with E-state index in [1.54, 1.807) is 0 Å². The lowest BCUT2D eigenvalue weighted by atomic mass is 9.81. The van der Waals surface area contributed by atoms with E-state index in [2.05, 4.69) is 77.8 Å². The molecule has 0 fully saturated rings. The normalized spacial score (nSPS) is 21.1. The molecule has 1 atom stereocenters. The summed E-state index contributed by atoms with van der Waals surface area (Å²) in [6.07, 6.45) is 0.943. The maximum Gasteiger partial charge on any atom is 0.133 e. The van der Waals surface area contributed by atoms with Crippen molar-refractivity contribution in [3.63, 3.8) is 0 Å². The van der Waals surface area contributed by atoms with Crippen molar-refractivity contribution in [3.05, 3.63) is 65.7 Å². The van der Waals surface area contributed by atoms with Gasteiger partial charge in [0.2, 0.25) is 0 Å². The molecule has 0 spiro atoms. The molecule has 0 N–H and O–H groups in total. The maximum absolute atomic E-state index is 4.59. The van der Waals surface area contributed by atoms with Crippen LogP contribution in [0.25, 0.3) is 0 Å². The molecule has 1 aliphatic rings. The van der Waals surface area contributed by atoms with Crippen molar-refractivity contribution in [1.82, 2.24) is 0 Å². The van der Waals surface area contributed by atoms with E-state index in [1.165, 1.54) is 16.8 Å². The molecule has 20 heavy (non-hydrogen) atoms. The first kappa shape index (κ1) is 12.9. The van der Waals surface area contributed by atoms with Gasteiger partial charge in [-0.1, -0.05) is 42.5 Å². The molecule has 3 nitrogen and oxygen atoms in total. The number of anilines is 1. The lowest BCUT2D eigenvalue weighted by molar-refractivity contribution is 0.550. The highest BCUT2D eigenvalue weighted by Gasteiger charge is 2.36. The van der Waals surface area contributed by atoms with E-state index in [9.17, 15) is 0 Å². The molecule has 1 aliphatic heterocycles. The molecular weight excluding hydrogens is 246 g/mol. The molecule has 0 amide bonds. The smallest absolute Gasteiger partial charge is 0.133 e. The van der Waals surface area contributed by atoms with Crippen molar-refractivity contribution < 1.29 is 0 Å². The Bertz CT molecular complexity index is 602. The first-order chi connectivity index (χ1) is 9.72. The van der Waals surface area contributed by atoms with Gasteiger partial charge in [-0.05, 0) is 23.3 Å². The van der Waals surface area contributed by atoms with Crippen LogP contribution in [0.1, 0.15) is 17.5 Å². The highest BCUT2D eigenvalue weighted by molar-refractivity contribution is 5.49. The van der Waals surface area contributed by atoms with E-state index in [0.717, 1.165) is 13.0 Å². The van der Waals surface area contributed by atoms with Crippen LogP contribution in [-0.4, -0.2) is 20.6 Å². The van der Waals surface area contributed by atoms with E-state index < -0.39 is 0 Å². The fraction of sp³-hybridized carbons (Fsp3) is 0.294. The quantitative estimate of drug-likeness (QED) is 0.828. The van der Waals surface area contributed by atoms with Crippen LogP contribution in [0.5, 0.6) is 0 Å². The Morgan fingerprint density at radius 1 is 0.900 bits per heavy atom. The van der Waals surface area contributed by atoms with Crippen LogP contribution in [0, 0.1) is 0 Å². The van der Waals surface area contributed by atoms with Gasteiger partial charge < -0.3 is 4.90 Å². The predicted molar refractivity (Wildman–Crippen MR) is 82.3 cm³/mol. The van der Waals surface area contributed by atoms with E-state index in [0.29, 0.717) is 0 Å². The molecule has 0 saturated carbocycles. The van der Waals surface area contributed by atoms with Gasteiger partial charge >= 0.3 is 0 Å². The van der Waals surface area contributed by atoms with Crippen molar-refractivity contribution in [2.24, 2.45) is 10.2 Å². The van der Waals surface area contributed by atoms with Crippen LogP contribution in [0.15, 0.2) is 64.8 Å². The highest BCUT2D eigenvalue weighted by atomic mass is 15.2. The zero-order chi connectivity index (χ0) is 14.0. The van der Waals surface area contributed by atoms with E-state index >= 15 is 0 Å². The Hall–Kier alpha value is -2.16. The molecule has 0 radical (unpaired) electrons. The zero-order valence-electron chi connectivity index (χ0n) is 12.0. The second-order valence-corrected chi connectivity index (χ2v) is 5.38. The fourth-order valence-corrected chi connectivity index (χ4v) is 2.75. The first-order valence-corrected chi connectivity index (χ1v) is 6.94. The summed E-state index contributed by atoms with van der Waals surface area (Å²) in [6, 6.07) is 19.1. The van der Waals surface area contributed by atoms with Crippen LogP contribution in [0.3, 0.4) is 0 Å². The molecule has 0 bridgehead atoms. The third-order valence-electron chi connectivity index (χ3n) is 3.93. The van der Waals surface area contributed by atoms with Gasteiger partial charge in [0.25, 0.3) is 0 Å². The Labute approximate surface area is 120 Å². The first-order valence-electron chi connectivity index (χ1n) is 6.94. The maximum atomic E-state index is 4.59. The number of azo groups is 1. The van der Waals surface area contributed by atoms with Gasteiger partial charge in [0.15, 0.2) is 0 Å². The molecule has 0 saturated heterocycles. The minimum atomic E-state index is -0.300. The molecule has 0 aliphatic carbocycles. The lowest BCUT2D eigenvalue weighted by Gasteiger charge is -2.26.